The smallest absolute Gasteiger partial charge is 0.153 e. The molecule has 0 aliphatic rings. The van der Waals surface area contributed by atoms with E-state index in [1.54, 1.807) is 4.68 Å². The van der Waals surface area contributed by atoms with Crippen molar-refractivity contribution in [2.24, 2.45) is 0 Å². The number of hydrogen-bond donors (Lipinski definition) is 0. The molecule has 2 aromatic rings. The van der Waals surface area contributed by atoms with Crippen molar-refractivity contribution in [2.45, 2.75) is 27.0 Å². The lowest BCUT2D eigenvalue weighted by molar-refractivity contribution is 0.111. The highest BCUT2D eigenvalue weighted by Crippen LogP contribution is 2.24. The van der Waals surface area contributed by atoms with E-state index in [1.807, 2.05) is 13.8 Å². The van der Waals surface area contributed by atoms with E-state index >= 15 is 0 Å². The Morgan fingerprint density at radius 2 is 2.25 bits per heavy atom. The lowest BCUT2D eigenvalue weighted by atomic mass is 10.2. The summed E-state index contributed by atoms with van der Waals surface area (Å²) in [6.45, 7) is 4.59. The Kier molecular flexibility index (Phi) is 4.39. The fraction of sp³-hybridized carbons (Fsp3) is 0.286. The van der Waals surface area contributed by atoms with Crippen LogP contribution in [0.4, 0.5) is 4.39 Å². The van der Waals surface area contributed by atoms with Crippen molar-refractivity contribution < 1.29 is 13.9 Å². The number of aldehydes is 1. The summed E-state index contributed by atoms with van der Waals surface area (Å²) in [6, 6.07) is 3.80. The largest absolute Gasteiger partial charge is 0.487 e. The van der Waals surface area contributed by atoms with Crippen molar-refractivity contribution in [1.82, 2.24) is 9.78 Å². The standard InChI is InChI=1S/C14H14ClFN2O2/c1-3-18-12(14(15)9(2)17-18)8-20-13-5-4-11(16)6-10(13)7-19/h4-7H,3,8H2,1-2H3. The zero-order chi connectivity index (χ0) is 14.7. The van der Waals surface area contributed by atoms with Crippen molar-refractivity contribution >= 4 is 17.9 Å². The molecule has 0 radical (unpaired) electrons. The topological polar surface area (TPSA) is 44.1 Å². The van der Waals surface area contributed by atoms with Gasteiger partial charge in [0.05, 0.1) is 22.0 Å². The van der Waals surface area contributed by atoms with Gasteiger partial charge in [0.2, 0.25) is 0 Å². The Morgan fingerprint density at radius 1 is 1.50 bits per heavy atom. The Labute approximate surface area is 121 Å². The maximum absolute atomic E-state index is 13.0. The van der Waals surface area contributed by atoms with E-state index in [4.69, 9.17) is 16.3 Å². The Bertz CT molecular complexity index is 640. The van der Waals surface area contributed by atoms with Crippen LogP contribution in [0.5, 0.6) is 5.75 Å². The third-order valence-electron chi connectivity index (χ3n) is 2.92. The second-order valence-corrected chi connectivity index (χ2v) is 4.63. The molecular weight excluding hydrogens is 283 g/mol. The van der Waals surface area contributed by atoms with Gasteiger partial charge in [0.1, 0.15) is 18.2 Å². The molecule has 1 aromatic carbocycles. The van der Waals surface area contributed by atoms with Crippen LogP contribution in [-0.2, 0) is 13.2 Å². The van der Waals surface area contributed by atoms with Gasteiger partial charge in [-0.05, 0) is 32.0 Å². The molecule has 0 aliphatic heterocycles. The molecule has 0 aliphatic carbocycles. The number of aromatic nitrogens is 2. The minimum atomic E-state index is -0.480. The van der Waals surface area contributed by atoms with Crippen LogP contribution in [0.25, 0.3) is 0 Å². The number of halogens is 2. The van der Waals surface area contributed by atoms with Gasteiger partial charge in [-0.1, -0.05) is 11.6 Å². The number of benzene rings is 1. The number of hydrogen-bond acceptors (Lipinski definition) is 3. The first-order chi connectivity index (χ1) is 9.56. The van der Waals surface area contributed by atoms with Crippen LogP contribution in [0, 0.1) is 12.7 Å². The van der Waals surface area contributed by atoms with Gasteiger partial charge in [-0.15, -0.1) is 0 Å². The first-order valence-electron chi connectivity index (χ1n) is 6.16. The van der Waals surface area contributed by atoms with Crippen LogP contribution < -0.4 is 4.74 Å². The molecule has 0 amide bonds. The van der Waals surface area contributed by atoms with Crippen molar-refractivity contribution in [3.63, 3.8) is 0 Å². The SMILES string of the molecule is CCn1nc(C)c(Cl)c1COc1ccc(F)cc1C=O. The summed E-state index contributed by atoms with van der Waals surface area (Å²) in [5.41, 5.74) is 1.62. The molecule has 20 heavy (non-hydrogen) atoms. The van der Waals surface area contributed by atoms with Crippen LogP contribution in [0.2, 0.25) is 5.02 Å². The predicted molar refractivity (Wildman–Crippen MR) is 73.8 cm³/mol. The minimum absolute atomic E-state index is 0.167. The molecule has 4 nitrogen and oxygen atoms in total. The van der Waals surface area contributed by atoms with E-state index in [1.165, 1.54) is 12.1 Å². The molecular formula is C14H14ClFN2O2. The van der Waals surface area contributed by atoms with Gasteiger partial charge in [-0.2, -0.15) is 5.10 Å². The molecule has 1 aromatic heterocycles. The Morgan fingerprint density at radius 3 is 2.90 bits per heavy atom. The number of aryl methyl sites for hydroxylation is 2. The summed E-state index contributed by atoms with van der Waals surface area (Å²) in [5, 5.41) is 4.82. The summed E-state index contributed by atoms with van der Waals surface area (Å²) >= 11 is 6.16. The van der Waals surface area contributed by atoms with Crippen LogP contribution >= 0.6 is 11.6 Å². The molecule has 0 spiro atoms. The molecule has 0 saturated carbocycles. The average Bonchev–Trinajstić information content (AvgIpc) is 2.72. The number of carbonyl (C=O) groups is 1. The third kappa shape index (κ3) is 2.82. The summed E-state index contributed by atoms with van der Waals surface area (Å²) in [7, 11) is 0. The summed E-state index contributed by atoms with van der Waals surface area (Å²) in [6.07, 6.45) is 0.558. The second-order valence-electron chi connectivity index (χ2n) is 4.25. The van der Waals surface area contributed by atoms with Gasteiger partial charge in [-0.25, -0.2) is 4.39 Å². The Balaban J connectivity index is 2.23. The maximum Gasteiger partial charge on any atom is 0.153 e. The highest BCUT2D eigenvalue weighted by Gasteiger charge is 2.14. The van der Waals surface area contributed by atoms with E-state index in [0.717, 1.165) is 17.5 Å². The molecule has 106 valence electrons. The van der Waals surface area contributed by atoms with E-state index < -0.39 is 5.82 Å². The molecule has 0 unspecified atom stereocenters. The Hall–Kier alpha value is -1.88. The zero-order valence-electron chi connectivity index (χ0n) is 11.2. The second kappa shape index (κ2) is 6.05. The van der Waals surface area contributed by atoms with Crippen molar-refractivity contribution in [1.29, 1.82) is 0 Å². The number of ether oxygens (including phenoxy) is 1. The van der Waals surface area contributed by atoms with Gasteiger partial charge in [0, 0.05) is 6.54 Å². The fourth-order valence-corrected chi connectivity index (χ4v) is 2.09. The molecule has 0 fully saturated rings. The maximum atomic E-state index is 13.0. The lowest BCUT2D eigenvalue weighted by Gasteiger charge is -2.10. The summed E-state index contributed by atoms with van der Waals surface area (Å²) in [4.78, 5) is 10.9. The van der Waals surface area contributed by atoms with Gasteiger partial charge < -0.3 is 4.74 Å². The number of rotatable bonds is 5. The molecule has 2 rings (SSSR count). The quantitative estimate of drug-likeness (QED) is 0.794. The molecule has 0 saturated heterocycles. The molecule has 1 heterocycles. The van der Waals surface area contributed by atoms with Gasteiger partial charge >= 0.3 is 0 Å². The molecule has 0 atom stereocenters. The van der Waals surface area contributed by atoms with Gasteiger partial charge in [0.15, 0.2) is 6.29 Å². The fourth-order valence-electron chi connectivity index (χ4n) is 1.90. The molecule has 0 bridgehead atoms. The zero-order valence-corrected chi connectivity index (χ0v) is 11.9. The van der Waals surface area contributed by atoms with Crippen molar-refractivity contribution in [2.75, 3.05) is 0 Å². The molecule has 0 N–H and O–H groups in total. The third-order valence-corrected chi connectivity index (χ3v) is 3.41. The number of carbonyl (C=O) groups excluding carboxylic acids is 1. The first-order valence-corrected chi connectivity index (χ1v) is 6.54. The highest BCUT2D eigenvalue weighted by atomic mass is 35.5. The lowest BCUT2D eigenvalue weighted by Crippen LogP contribution is -2.07. The molecule has 6 heteroatoms. The van der Waals surface area contributed by atoms with Crippen molar-refractivity contribution in [3.05, 3.63) is 46.0 Å². The van der Waals surface area contributed by atoms with E-state index in [9.17, 15) is 9.18 Å². The van der Waals surface area contributed by atoms with Gasteiger partial charge in [0.25, 0.3) is 0 Å². The summed E-state index contributed by atoms with van der Waals surface area (Å²) in [5.74, 6) is -0.161. The minimum Gasteiger partial charge on any atom is -0.487 e. The van der Waals surface area contributed by atoms with Crippen LogP contribution in [0.15, 0.2) is 18.2 Å². The van der Waals surface area contributed by atoms with Crippen LogP contribution in [0.3, 0.4) is 0 Å². The monoisotopic (exact) mass is 296 g/mol. The highest BCUT2D eigenvalue weighted by molar-refractivity contribution is 6.31. The van der Waals surface area contributed by atoms with E-state index in [2.05, 4.69) is 5.10 Å². The normalized spacial score (nSPS) is 10.6. The average molecular weight is 297 g/mol. The van der Waals surface area contributed by atoms with Crippen LogP contribution in [-0.4, -0.2) is 16.1 Å². The summed E-state index contributed by atoms with van der Waals surface area (Å²) < 4.78 is 20.3. The first kappa shape index (κ1) is 14.5. The van der Waals surface area contributed by atoms with E-state index in [-0.39, 0.29) is 12.2 Å². The predicted octanol–water partition coefficient (Wildman–Crippen LogP) is 3.40. The van der Waals surface area contributed by atoms with Gasteiger partial charge in [-0.3, -0.25) is 9.48 Å². The number of nitrogens with zero attached hydrogens (tertiary/aromatic N) is 2. The van der Waals surface area contributed by atoms with Crippen molar-refractivity contribution in [3.8, 4) is 5.75 Å². The van der Waals surface area contributed by atoms with E-state index in [0.29, 0.717) is 23.6 Å². The van der Waals surface area contributed by atoms with Crippen LogP contribution in [0.1, 0.15) is 28.7 Å².